The standard InChI is InChI=1S/C11H22N2/c1-2-12-8-9-13-10-11-6-4-3-5-7-11/h3-4,11-13H,2,5-10H2,1H3. The zero-order chi connectivity index (χ0) is 9.36. The molecule has 76 valence electrons. The molecule has 0 aromatic rings. The van der Waals surface area contributed by atoms with Gasteiger partial charge in [-0.05, 0) is 38.3 Å². The molecule has 2 nitrogen and oxygen atoms in total. The van der Waals surface area contributed by atoms with Gasteiger partial charge in [0.25, 0.3) is 0 Å². The molecule has 0 aromatic carbocycles. The maximum atomic E-state index is 3.49. The average molecular weight is 182 g/mol. The minimum absolute atomic E-state index is 0.881. The summed E-state index contributed by atoms with van der Waals surface area (Å²) in [6, 6.07) is 0. The highest BCUT2D eigenvalue weighted by Gasteiger charge is 2.08. The summed E-state index contributed by atoms with van der Waals surface area (Å²) in [6.45, 7) is 6.61. The topological polar surface area (TPSA) is 24.1 Å². The van der Waals surface area contributed by atoms with Crippen molar-refractivity contribution in [3.8, 4) is 0 Å². The van der Waals surface area contributed by atoms with Crippen molar-refractivity contribution in [2.75, 3.05) is 26.2 Å². The van der Waals surface area contributed by atoms with Gasteiger partial charge in [0.05, 0.1) is 0 Å². The summed E-state index contributed by atoms with van der Waals surface area (Å²) in [4.78, 5) is 0. The molecule has 1 rings (SSSR count). The smallest absolute Gasteiger partial charge is 0.00768 e. The van der Waals surface area contributed by atoms with Gasteiger partial charge in [0.1, 0.15) is 0 Å². The van der Waals surface area contributed by atoms with Gasteiger partial charge in [0.15, 0.2) is 0 Å². The molecule has 1 aliphatic carbocycles. The highest BCUT2D eigenvalue weighted by molar-refractivity contribution is 4.90. The van der Waals surface area contributed by atoms with Crippen LogP contribution in [0.1, 0.15) is 26.2 Å². The minimum Gasteiger partial charge on any atom is -0.316 e. The summed E-state index contributed by atoms with van der Waals surface area (Å²) in [5.41, 5.74) is 0. The Morgan fingerprint density at radius 2 is 2.08 bits per heavy atom. The Kier molecular flexibility index (Phi) is 5.87. The summed E-state index contributed by atoms with van der Waals surface area (Å²) in [5, 5.41) is 6.80. The Morgan fingerprint density at radius 1 is 1.23 bits per heavy atom. The lowest BCUT2D eigenvalue weighted by atomic mass is 9.94. The summed E-state index contributed by atoms with van der Waals surface area (Å²) in [7, 11) is 0. The van der Waals surface area contributed by atoms with Crippen molar-refractivity contribution in [1.29, 1.82) is 0 Å². The van der Waals surface area contributed by atoms with Crippen LogP contribution in [0, 0.1) is 5.92 Å². The second-order valence-electron chi connectivity index (χ2n) is 3.71. The van der Waals surface area contributed by atoms with E-state index in [4.69, 9.17) is 0 Å². The highest BCUT2D eigenvalue weighted by Crippen LogP contribution is 2.16. The van der Waals surface area contributed by atoms with Gasteiger partial charge in [0.2, 0.25) is 0 Å². The molecule has 0 aromatic heterocycles. The Morgan fingerprint density at radius 3 is 2.77 bits per heavy atom. The lowest BCUT2D eigenvalue weighted by molar-refractivity contribution is 0.439. The molecule has 0 spiro atoms. The van der Waals surface area contributed by atoms with Crippen molar-refractivity contribution in [2.24, 2.45) is 5.92 Å². The molecule has 1 unspecified atom stereocenters. The van der Waals surface area contributed by atoms with Gasteiger partial charge in [-0.2, -0.15) is 0 Å². The van der Waals surface area contributed by atoms with Gasteiger partial charge in [-0.15, -0.1) is 0 Å². The molecule has 0 aliphatic heterocycles. The van der Waals surface area contributed by atoms with E-state index in [2.05, 4.69) is 29.7 Å². The average Bonchev–Trinajstić information content (AvgIpc) is 2.19. The summed E-state index contributed by atoms with van der Waals surface area (Å²) >= 11 is 0. The fraction of sp³-hybridized carbons (Fsp3) is 0.818. The van der Waals surface area contributed by atoms with E-state index in [0.29, 0.717) is 0 Å². The maximum Gasteiger partial charge on any atom is 0.00768 e. The Balaban J connectivity index is 1.90. The van der Waals surface area contributed by atoms with Gasteiger partial charge in [-0.25, -0.2) is 0 Å². The fourth-order valence-corrected chi connectivity index (χ4v) is 1.70. The van der Waals surface area contributed by atoms with Crippen LogP contribution in [0.2, 0.25) is 0 Å². The second kappa shape index (κ2) is 7.10. The monoisotopic (exact) mass is 182 g/mol. The number of hydrogen-bond donors (Lipinski definition) is 2. The summed E-state index contributed by atoms with van der Waals surface area (Å²) in [5.74, 6) is 0.881. The first-order valence-electron chi connectivity index (χ1n) is 5.50. The molecule has 0 bridgehead atoms. The zero-order valence-corrected chi connectivity index (χ0v) is 8.68. The molecular weight excluding hydrogens is 160 g/mol. The third-order valence-electron chi connectivity index (χ3n) is 2.54. The van der Waals surface area contributed by atoms with Crippen LogP contribution in [0.15, 0.2) is 12.2 Å². The third-order valence-corrected chi connectivity index (χ3v) is 2.54. The van der Waals surface area contributed by atoms with E-state index >= 15 is 0 Å². The van der Waals surface area contributed by atoms with Crippen molar-refractivity contribution in [3.63, 3.8) is 0 Å². The predicted molar refractivity (Wildman–Crippen MR) is 57.9 cm³/mol. The van der Waals surface area contributed by atoms with E-state index in [1.165, 1.54) is 25.8 Å². The lowest BCUT2D eigenvalue weighted by Gasteiger charge is -2.18. The van der Waals surface area contributed by atoms with Crippen LogP contribution in [-0.4, -0.2) is 26.2 Å². The summed E-state index contributed by atoms with van der Waals surface area (Å²) in [6.07, 6.45) is 8.54. The van der Waals surface area contributed by atoms with Gasteiger partial charge in [-0.3, -0.25) is 0 Å². The second-order valence-corrected chi connectivity index (χ2v) is 3.71. The molecule has 0 heterocycles. The first kappa shape index (κ1) is 10.7. The molecule has 2 N–H and O–H groups in total. The molecule has 2 heteroatoms. The van der Waals surface area contributed by atoms with Gasteiger partial charge < -0.3 is 10.6 Å². The Hall–Kier alpha value is -0.340. The zero-order valence-electron chi connectivity index (χ0n) is 8.68. The molecule has 0 amide bonds. The van der Waals surface area contributed by atoms with Crippen molar-refractivity contribution >= 4 is 0 Å². The van der Waals surface area contributed by atoms with E-state index < -0.39 is 0 Å². The van der Waals surface area contributed by atoms with Crippen molar-refractivity contribution in [3.05, 3.63) is 12.2 Å². The number of allylic oxidation sites excluding steroid dienone is 2. The van der Waals surface area contributed by atoms with Gasteiger partial charge in [-0.1, -0.05) is 19.1 Å². The SMILES string of the molecule is CCNCCNCC1CC=CCC1. The van der Waals surface area contributed by atoms with E-state index in [-0.39, 0.29) is 0 Å². The van der Waals surface area contributed by atoms with E-state index in [9.17, 15) is 0 Å². The number of likely N-dealkylation sites (N-methyl/N-ethyl adjacent to an activating group) is 1. The van der Waals surface area contributed by atoms with E-state index in [1.54, 1.807) is 0 Å². The van der Waals surface area contributed by atoms with E-state index in [1.807, 2.05) is 0 Å². The Labute approximate surface area is 81.8 Å². The van der Waals surface area contributed by atoms with Crippen LogP contribution in [0.3, 0.4) is 0 Å². The quantitative estimate of drug-likeness (QED) is 0.481. The minimum atomic E-state index is 0.881. The molecular formula is C11H22N2. The number of rotatable bonds is 6. The molecule has 0 saturated carbocycles. The molecule has 0 radical (unpaired) electrons. The first-order chi connectivity index (χ1) is 6.43. The van der Waals surface area contributed by atoms with Gasteiger partial charge >= 0.3 is 0 Å². The van der Waals surface area contributed by atoms with Crippen LogP contribution in [0.25, 0.3) is 0 Å². The van der Waals surface area contributed by atoms with E-state index in [0.717, 1.165) is 25.6 Å². The molecule has 1 aliphatic rings. The summed E-state index contributed by atoms with van der Waals surface area (Å²) < 4.78 is 0. The van der Waals surface area contributed by atoms with Crippen LogP contribution in [0.4, 0.5) is 0 Å². The molecule has 1 atom stereocenters. The van der Waals surface area contributed by atoms with Crippen LogP contribution in [-0.2, 0) is 0 Å². The van der Waals surface area contributed by atoms with Crippen LogP contribution >= 0.6 is 0 Å². The number of hydrogen-bond acceptors (Lipinski definition) is 2. The van der Waals surface area contributed by atoms with Gasteiger partial charge in [0, 0.05) is 13.1 Å². The lowest BCUT2D eigenvalue weighted by Crippen LogP contribution is -2.31. The third kappa shape index (κ3) is 5.06. The highest BCUT2D eigenvalue weighted by atomic mass is 14.9. The van der Waals surface area contributed by atoms with Crippen molar-refractivity contribution in [1.82, 2.24) is 10.6 Å². The van der Waals surface area contributed by atoms with Crippen LogP contribution in [0.5, 0.6) is 0 Å². The fourth-order valence-electron chi connectivity index (χ4n) is 1.70. The Bertz CT molecular complexity index is 143. The molecule has 0 fully saturated rings. The largest absolute Gasteiger partial charge is 0.316 e. The molecule has 13 heavy (non-hydrogen) atoms. The van der Waals surface area contributed by atoms with Crippen molar-refractivity contribution < 1.29 is 0 Å². The normalized spacial score (nSPS) is 22.1. The van der Waals surface area contributed by atoms with Crippen molar-refractivity contribution in [2.45, 2.75) is 26.2 Å². The van der Waals surface area contributed by atoms with Crippen LogP contribution < -0.4 is 10.6 Å². The molecule has 0 saturated heterocycles. The maximum absolute atomic E-state index is 3.49. The number of nitrogens with one attached hydrogen (secondary N) is 2. The predicted octanol–water partition coefficient (Wildman–Crippen LogP) is 1.54. The first-order valence-corrected chi connectivity index (χ1v) is 5.50.